The van der Waals surface area contributed by atoms with Gasteiger partial charge in [0.25, 0.3) is 0 Å². The van der Waals surface area contributed by atoms with Crippen LogP contribution in [0.15, 0.2) is 0 Å². The Morgan fingerprint density at radius 3 is 2.67 bits per heavy atom. The molecular formula is C12H20N2O. The number of hydrogen-bond donors (Lipinski definition) is 0. The van der Waals surface area contributed by atoms with Crippen molar-refractivity contribution in [1.29, 1.82) is 5.26 Å². The van der Waals surface area contributed by atoms with E-state index in [0.717, 1.165) is 39.1 Å². The molecule has 3 nitrogen and oxygen atoms in total. The summed E-state index contributed by atoms with van der Waals surface area (Å²) in [5.74, 6) is 0.309. The van der Waals surface area contributed by atoms with Crippen molar-refractivity contribution in [2.75, 3.05) is 26.2 Å². The highest BCUT2D eigenvalue weighted by molar-refractivity contribution is 4.87. The van der Waals surface area contributed by atoms with Crippen LogP contribution in [0.25, 0.3) is 0 Å². The molecule has 3 heteroatoms. The molecule has 0 amide bonds. The van der Waals surface area contributed by atoms with E-state index in [-0.39, 0.29) is 0 Å². The molecule has 0 aromatic carbocycles. The highest BCUT2D eigenvalue weighted by Gasteiger charge is 2.21. The lowest BCUT2D eigenvalue weighted by atomic mass is 9.98. The Hall–Kier alpha value is -0.590. The fraction of sp³-hybridized carbons (Fsp3) is 0.917. The second-order valence-corrected chi connectivity index (χ2v) is 4.67. The van der Waals surface area contributed by atoms with E-state index in [9.17, 15) is 0 Å². The van der Waals surface area contributed by atoms with Gasteiger partial charge in [-0.1, -0.05) is 0 Å². The van der Waals surface area contributed by atoms with Crippen molar-refractivity contribution in [3.63, 3.8) is 0 Å². The van der Waals surface area contributed by atoms with Crippen LogP contribution in [0.2, 0.25) is 0 Å². The van der Waals surface area contributed by atoms with Gasteiger partial charge in [-0.05, 0) is 45.2 Å². The molecule has 84 valence electrons. The molecule has 0 bridgehead atoms. The van der Waals surface area contributed by atoms with E-state index in [1.807, 2.05) is 0 Å². The molecule has 1 atom stereocenters. The van der Waals surface area contributed by atoms with Gasteiger partial charge >= 0.3 is 0 Å². The summed E-state index contributed by atoms with van der Waals surface area (Å²) in [5.41, 5.74) is 0. The van der Waals surface area contributed by atoms with Gasteiger partial charge in [-0.15, -0.1) is 0 Å². The predicted molar refractivity (Wildman–Crippen MR) is 58.4 cm³/mol. The third kappa shape index (κ3) is 3.19. The Balaban J connectivity index is 1.62. The van der Waals surface area contributed by atoms with Gasteiger partial charge in [0, 0.05) is 19.1 Å². The topological polar surface area (TPSA) is 36.3 Å². The molecule has 2 heterocycles. The lowest BCUT2D eigenvalue weighted by Crippen LogP contribution is -2.35. The summed E-state index contributed by atoms with van der Waals surface area (Å²) in [7, 11) is 0. The molecule has 0 aromatic heterocycles. The summed E-state index contributed by atoms with van der Waals surface area (Å²) in [4.78, 5) is 2.48. The van der Waals surface area contributed by atoms with Crippen LogP contribution in [-0.4, -0.2) is 37.2 Å². The zero-order valence-electron chi connectivity index (χ0n) is 9.32. The molecule has 2 fully saturated rings. The first-order valence-corrected chi connectivity index (χ1v) is 6.12. The molecule has 1 unspecified atom stereocenters. The van der Waals surface area contributed by atoms with Crippen LogP contribution in [0, 0.1) is 17.2 Å². The first kappa shape index (κ1) is 10.9. The zero-order chi connectivity index (χ0) is 10.5. The monoisotopic (exact) mass is 208 g/mol. The molecule has 2 aliphatic heterocycles. The minimum Gasteiger partial charge on any atom is -0.378 e. The van der Waals surface area contributed by atoms with Gasteiger partial charge in [0.05, 0.1) is 12.2 Å². The molecule has 0 N–H and O–H groups in total. The Morgan fingerprint density at radius 2 is 2.07 bits per heavy atom. The largest absolute Gasteiger partial charge is 0.378 e. The van der Waals surface area contributed by atoms with E-state index < -0.39 is 0 Å². The maximum absolute atomic E-state index is 8.79. The van der Waals surface area contributed by atoms with Crippen molar-refractivity contribution >= 4 is 0 Å². The van der Waals surface area contributed by atoms with Crippen molar-refractivity contribution in [2.24, 2.45) is 5.92 Å². The lowest BCUT2D eigenvalue weighted by molar-refractivity contribution is 0.0871. The first-order valence-electron chi connectivity index (χ1n) is 6.12. The van der Waals surface area contributed by atoms with Crippen LogP contribution in [0.3, 0.4) is 0 Å². The van der Waals surface area contributed by atoms with Gasteiger partial charge in [0.1, 0.15) is 0 Å². The average molecular weight is 208 g/mol. The van der Waals surface area contributed by atoms with E-state index in [0.29, 0.717) is 12.0 Å². The number of likely N-dealkylation sites (tertiary alicyclic amines) is 1. The van der Waals surface area contributed by atoms with Crippen LogP contribution in [-0.2, 0) is 4.74 Å². The third-order valence-corrected chi connectivity index (χ3v) is 3.56. The number of ether oxygens (including phenoxy) is 1. The molecule has 2 rings (SSSR count). The van der Waals surface area contributed by atoms with E-state index in [2.05, 4.69) is 11.0 Å². The van der Waals surface area contributed by atoms with Gasteiger partial charge in [0.2, 0.25) is 0 Å². The highest BCUT2D eigenvalue weighted by atomic mass is 16.5. The molecule has 0 spiro atoms. The average Bonchev–Trinajstić information content (AvgIpc) is 2.80. The van der Waals surface area contributed by atoms with Gasteiger partial charge < -0.3 is 9.64 Å². The molecule has 15 heavy (non-hydrogen) atoms. The van der Waals surface area contributed by atoms with Crippen LogP contribution in [0.5, 0.6) is 0 Å². The van der Waals surface area contributed by atoms with Gasteiger partial charge in [0.15, 0.2) is 0 Å². The third-order valence-electron chi connectivity index (χ3n) is 3.56. The molecule has 2 saturated heterocycles. The molecule has 0 aromatic rings. The van der Waals surface area contributed by atoms with Crippen LogP contribution in [0.4, 0.5) is 0 Å². The minimum atomic E-state index is 0.309. The Kier molecular flexibility index (Phi) is 3.99. The molecule has 0 aliphatic carbocycles. The van der Waals surface area contributed by atoms with Crippen LogP contribution >= 0.6 is 0 Å². The van der Waals surface area contributed by atoms with E-state index in [4.69, 9.17) is 10.00 Å². The number of rotatable bonds is 3. The predicted octanol–water partition coefficient (Wildman–Crippen LogP) is 1.79. The minimum absolute atomic E-state index is 0.309. The summed E-state index contributed by atoms with van der Waals surface area (Å²) in [5, 5.41) is 8.79. The van der Waals surface area contributed by atoms with Crippen LogP contribution in [0.1, 0.15) is 32.1 Å². The summed E-state index contributed by atoms with van der Waals surface area (Å²) in [6, 6.07) is 2.37. The van der Waals surface area contributed by atoms with Crippen molar-refractivity contribution < 1.29 is 4.74 Å². The smallest absolute Gasteiger partial charge is 0.0656 e. The summed E-state index contributed by atoms with van der Waals surface area (Å²) < 4.78 is 5.61. The summed E-state index contributed by atoms with van der Waals surface area (Å²) in [6.45, 7) is 4.32. The second kappa shape index (κ2) is 5.48. The normalized spacial score (nSPS) is 29.1. The highest BCUT2D eigenvalue weighted by Crippen LogP contribution is 2.19. The van der Waals surface area contributed by atoms with Crippen LogP contribution < -0.4 is 0 Å². The second-order valence-electron chi connectivity index (χ2n) is 4.67. The fourth-order valence-corrected chi connectivity index (χ4v) is 2.48. The van der Waals surface area contributed by atoms with Crippen molar-refractivity contribution in [3.8, 4) is 6.07 Å². The molecule has 0 radical (unpaired) electrons. The number of piperidine rings is 1. The molecular weight excluding hydrogens is 188 g/mol. The van der Waals surface area contributed by atoms with Gasteiger partial charge in [-0.25, -0.2) is 0 Å². The Bertz CT molecular complexity index is 222. The fourth-order valence-electron chi connectivity index (χ4n) is 2.48. The number of nitrogens with zero attached hydrogens (tertiary/aromatic N) is 2. The first-order chi connectivity index (χ1) is 7.38. The van der Waals surface area contributed by atoms with E-state index >= 15 is 0 Å². The quantitative estimate of drug-likeness (QED) is 0.709. The van der Waals surface area contributed by atoms with E-state index in [1.165, 1.54) is 19.3 Å². The van der Waals surface area contributed by atoms with Gasteiger partial charge in [-0.3, -0.25) is 0 Å². The maximum atomic E-state index is 8.79. The standard InChI is InChI=1S/C12H20N2O/c13-10-11-3-6-14(7-4-11)8-5-12-2-1-9-15-12/h11-12H,1-9H2. The summed E-state index contributed by atoms with van der Waals surface area (Å²) in [6.07, 6.45) is 6.29. The van der Waals surface area contributed by atoms with Crippen molar-refractivity contribution in [2.45, 2.75) is 38.2 Å². The maximum Gasteiger partial charge on any atom is 0.0656 e. The lowest BCUT2D eigenvalue weighted by Gasteiger charge is -2.29. The number of nitriles is 1. The SMILES string of the molecule is N#CC1CCN(CCC2CCCO2)CC1. The molecule has 2 aliphatic rings. The van der Waals surface area contributed by atoms with Crippen molar-refractivity contribution in [3.05, 3.63) is 0 Å². The van der Waals surface area contributed by atoms with Gasteiger partial charge in [-0.2, -0.15) is 5.26 Å². The Morgan fingerprint density at radius 1 is 1.27 bits per heavy atom. The number of hydrogen-bond acceptors (Lipinski definition) is 3. The van der Waals surface area contributed by atoms with E-state index in [1.54, 1.807) is 0 Å². The zero-order valence-corrected chi connectivity index (χ0v) is 9.32. The summed E-state index contributed by atoms with van der Waals surface area (Å²) >= 11 is 0. The van der Waals surface area contributed by atoms with Crippen molar-refractivity contribution in [1.82, 2.24) is 4.90 Å². The molecule has 0 saturated carbocycles. The Labute approximate surface area is 92.0 Å².